The van der Waals surface area contributed by atoms with Gasteiger partial charge in [-0.1, -0.05) is 12.1 Å². The number of carbonyl (C=O) groups excluding carboxylic acids is 1. The van der Waals surface area contributed by atoms with Gasteiger partial charge in [-0.2, -0.15) is 0 Å². The second-order valence-electron chi connectivity index (χ2n) is 5.61. The summed E-state index contributed by atoms with van der Waals surface area (Å²) in [4.78, 5) is 24.8. The highest BCUT2D eigenvalue weighted by molar-refractivity contribution is 5.84. The summed E-state index contributed by atoms with van der Waals surface area (Å²) in [7, 11) is 0. The molecule has 4 nitrogen and oxygen atoms in total. The first kappa shape index (κ1) is 13.1. The van der Waals surface area contributed by atoms with Crippen molar-refractivity contribution >= 4 is 11.9 Å². The molecule has 1 saturated heterocycles. The van der Waals surface area contributed by atoms with Crippen LogP contribution in [0.5, 0.6) is 0 Å². The number of nitrogens with zero attached hydrogens (tertiary/aromatic N) is 1. The third-order valence-electron chi connectivity index (χ3n) is 4.23. The van der Waals surface area contributed by atoms with Crippen LogP contribution in [0, 0.1) is 17.7 Å². The minimum atomic E-state index is -0.835. The van der Waals surface area contributed by atoms with E-state index in [4.69, 9.17) is 5.11 Å². The van der Waals surface area contributed by atoms with Gasteiger partial charge in [-0.05, 0) is 36.5 Å². The number of hydrogen-bond donors (Lipinski definition) is 1. The van der Waals surface area contributed by atoms with Crippen LogP contribution in [0.1, 0.15) is 24.3 Å². The zero-order valence-electron chi connectivity index (χ0n) is 11.0. The summed E-state index contributed by atoms with van der Waals surface area (Å²) in [6.07, 6.45) is 1.26. The molecule has 0 bridgehead atoms. The molecule has 1 amide bonds. The van der Waals surface area contributed by atoms with E-state index < -0.39 is 11.9 Å². The van der Waals surface area contributed by atoms with Crippen LogP contribution in [0.4, 0.5) is 4.39 Å². The Morgan fingerprint density at radius 1 is 1.35 bits per heavy atom. The molecule has 0 radical (unpaired) electrons. The number of carbonyl (C=O) groups is 2. The molecule has 106 valence electrons. The van der Waals surface area contributed by atoms with Crippen LogP contribution in [0.2, 0.25) is 0 Å². The molecular formula is C15H16FNO3. The molecule has 3 atom stereocenters. The van der Waals surface area contributed by atoms with Crippen molar-refractivity contribution in [3.05, 3.63) is 35.6 Å². The maximum absolute atomic E-state index is 13.2. The lowest BCUT2D eigenvalue weighted by molar-refractivity contribution is -0.141. The molecule has 1 aromatic carbocycles. The standard InChI is InChI=1S/C15H16FNO3/c16-11-3-1-2-9(6-11)12-7-13(12)14(18)17-5-4-10(8-17)15(19)20/h1-3,6,10,12-13H,4-5,7-8H2,(H,19,20)/t10-,12+,13+/m1/s1. The lowest BCUT2D eigenvalue weighted by atomic mass is 10.1. The van der Waals surface area contributed by atoms with E-state index in [0.717, 1.165) is 12.0 Å². The lowest BCUT2D eigenvalue weighted by Gasteiger charge is -2.15. The van der Waals surface area contributed by atoms with Crippen molar-refractivity contribution in [1.82, 2.24) is 4.90 Å². The molecule has 1 heterocycles. The normalized spacial score (nSPS) is 28.4. The first-order valence-corrected chi connectivity index (χ1v) is 6.83. The maximum atomic E-state index is 13.2. The van der Waals surface area contributed by atoms with Gasteiger partial charge in [0.15, 0.2) is 0 Å². The number of amides is 1. The number of carboxylic acids is 1. The summed E-state index contributed by atoms with van der Waals surface area (Å²) in [5, 5.41) is 8.95. The van der Waals surface area contributed by atoms with Crippen LogP contribution in [-0.4, -0.2) is 35.0 Å². The molecule has 1 aliphatic heterocycles. The highest BCUT2D eigenvalue weighted by Crippen LogP contribution is 2.48. The van der Waals surface area contributed by atoms with Gasteiger partial charge < -0.3 is 10.0 Å². The van der Waals surface area contributed by atoms with Gasteiger partial charge in [0.1, 0.15) is 5.82 Å². The van der Waals surface area contributed by atoms with Crippen LogP contribution in [-0.2, 0) is 9.59 Å². The highest BCUT2D eigenvalue weighted by Gasteiger charge is 2.47. The van der Waals surface area contributed by atoms with E-state index in [0.29, 0.717) is 19.5 Å². The number of rotatable bonds is 3. The van der Waals surface area contributed by atoms with Gasteiger partial charge in [-0.15, -0.1) is 0 Å². The number of aliphatic carboxylic acids is 1. The topological polar surface area (TPSA) is 57.6 Å². The molecule has 1 saturated carbocycles. The zero-order chi connectivity index (χ0) is 14.3. The van der Waals surface area contributed by atoms with Gasteiger partial charge in [0.25, 0.3) is 0 Å². The van der Waals surface area contributed by atoms with Crippen LogP contribution >= 0.6 is 0 Å². The van der Waals surface area contributed by atoms with E-state index in [1.165, 1.54) is 12.1 Å². The van der Waals surface area contributed by atoms with E-state index in [1.54, 1.807) is 11.0 Å². The summed E-state index contributed by atoms with van der Waals surface area (Å²) in [5.41, 5.74) is 0.859. The van der Waals surface area contributed by atoms with E-state index in [1.807, 2.05) is 6.07 Å². The average molecular weight is 277 g/mol. The molecule has 2 aliphatic rings. The van der Waals surface area contributed by atoms with Crippen LogP contribution in [0.25, 0.3) is 0 Å². The Bertz CT molecular complexity index is 560. The van der Waals surface area contributed by atoms with Gasteiger partial charge in [-0.3, -0.25) is 9.59 Å². The Balaban J connectivity index is 1.62. The van der Waals surface area contributed by atoms with E-state index in [2.05, 4.69) is 0 Å². The molecule has 5 heteroatoms. The summed E-state index contributed by atoms with van der Waals surface area (Å²) in [6.45, 7) is 0.822. The number of carboxylic acid groups (broad SMARTS) is 1. The molecule has 1 N–H and O–H groups in total. The maximum Gasteiger partial charge on any atom is 0.308 e. The Labute approximate surface area is 116 Å². The van der Waals surface area contributed by atoms with E-state index in [-0.39, 0.29) is 23.6 Å². The summed E-state index contributed by atoms with van der Waals surface area (Å²) in [6, 6.07) is 6.36. The summed E-state index contributed by atoms with van der Waals surface area (Å²) in [5.74, 6) is -1.56. The number of hydrogen-bond acceptors (Lipinski definition) is 2. The average Bonchev–Trinajstić information content (AvgIpc) is 3.06. The Morgan fingerprint density at radius 3 is 2.80 bits per heavy atom. The Hall–Kier alpha value is -1.91. The van der Waals surface area contributed by atoms with E-state index in [9.17, 15) is 14.0 Å². The van der Waals surface area contributed by atoms with Gasteiger partial charge in [0.05, 0.1) is 5.92 Å². The zero-order valence-corrected chi connectivity index (χ0v) is 11.0. The van der Waals surface area contributed by atoms with Gasteiger partial charge in [0, 0.05) is 19.0 Å². The minimum absolute atomic E-state index is 0.0167. The van der Waals surface area contributed by atoms with Crippen molar-refractivity contribution in [2.24, 2.45) is 11.8 Å². The van der Waals surface area contributed by atoms with Crippen molar-refractivity contribution in [1.29, 1.82) is 0 Å². The smallest absolute Gasteiger partial charge is 0.308 e. The van der Waals surface area contributed by atoms with Gasteiger partial charge in [0.2, 0.25) is 5.91 Å². The largest absolute Gasteiger partial charge is 0.481 e. The summed E-state index contributed by atoms with van der Waals surface area (Å²) < 4.78 is 13.2. The number of likely N-dealkylation sites (tertiary alicyclic amines) is 1. The SMILES string of the molecule is O=C(O)[C@@H]1CCN(C(=O)[C@H]2C[C@H]2c2cccc(F)c2)C1. The first-order chi connectivity index (χ1) is 9.56. The Morgan fingerprint density at radius 2 is 2.15 bits per heavy atom. The highest BCUT2D eigenvalue weighted by atomic mass is 19.1. The molecule has 0 aromatic heterocycles. The van der Waals surface area contributed by atoms with E-state index >= 15 is 0 Å². The molecule has 3 rings (SSSR count). The third-order valence-corrected chi connectivity index (χ3v) is 4.23. The van der Waals surface area contributed by atoms with Crippen LogP contribution < -0.4 is 0 Å². The fraction of sp³-hybridized carbons (Fsp3) is 0.467. The summed E-state index contributed by atoms with van der Waals surface area (Å²) >= 11 is 0. The first-order valence-electron chi connectivity index (χ1n) is 6.83. The van der Waals surface area contributed by atoms with Crippen molar-refractivity contribution in [3.8, 4) is 0 Å². The van der Waals surface area contributed by atoms with Gasteiger partial charge in [-0.25, -0.2) is 4.39 Å². The van der Waals surface area contributed by atoms with Gasteiger partial charge >= 0.3 is 5.97 Å². The van der Waals surface area contributed by atoms with Crippen LogP contribution in [0.3, 0.4) is 0 Å². The van der Waals surface area contributed by atoms with Crippen molar-refractivity contribution in [2.45, 2.75) is 18.8 Å². The van der Waals surface area contributed by atoms with Crippen molar-refractivity contribution in [3.63, 3.8) is 0 Å². The van der Waals surface area contributed by atoms with Crippen molar-refractivity contribution in [2.75, 3.05) is 13.1 Å². The number of halogens is 1. The predicted molar refractivity (Wildman–Crippen MR) is 69.6 cm³/mol. The molecule has 0 unspecified atom stereocenters. The molecule has 20 heavy (non-hydrogen) atoms. The molecule has 1 aromatic rings. The molecule has 0 spiro atoms. The third kappa shape index (κ3) is 2.40. The second kappa shape index (κ2) is 4.89. The predicted octanol–water partition coefficient (Wildman–Crippen LogP) is 1.86. The molecular weight excluding hydrogens is 261 g/mol. The monoisotopic (exact) mass is 277 g/mol. The molecule has 1 aliphatic carbocycles. The molecule has 2 fully saturated rings. The Kier molecular flexibility index (Phi) is 3.20. The number of benzene rings is 1. The lowest BCUT2D eigenvalue weighted by Crippen LogP contribution is -2.31. The second-order valence-corrected chi connectivity index (χ2v) is 5.61. The van der Waals surface area contributed by atoms with Crippen LogP contribution in [0.15, 0.2) is 24.3 Å². The fourth-order valence-corrected chi connectivity index (χ4v) is 2.97. The van der Waals surface area contributed by atoms with Crippen molar-refractivity contribution < 1.29 is 19.1 Å². The minimum Gasteiger partial charge on any atom is -0.481 e. The fourth-order valence-electron chi connectivity index (χ4n) is 2.97. The quantitative estimate of drug-likeness (QED) is 0.917.